The number of phenolic OH excluding ortho intramolecular Hbond substituents is 2. The third-order valence-corrected chi connectivity index (χ3v) is 23.4. The lowest BCUT2D eigenvalue weighted by molar-refractivity contribution is -0.136. The number of aliphatic hydroxyl groups excluding tert-OH is 1. The number of pyridine rings is 2. The number of aromatic nitrogens is 10. The molecule has 28 nitrogen and oxygen atoms in total. The van der Waals surface area contributed by atoms with Crippen LogP contribution in [0.5, 0.6) is 11.5 Å². The van der Waals surface area contributed by atoms with E-state index in [9.17, 15) is 48.9 Å². The lowest BCUT2D eigenvalue weighted by Crippen LogP contribution is -2.56. The Morgan fingerprint density at radius 3 is 1.72 bits per heavy atom. The fourth-order valence-electron chi connectivity index (χ4n) is 17.9. The fourth-order valence-corrected chi connectivity index (χ4v) is 17.9. The van der Waals surface area contributed by atoms with Gasteiger partial charge in [-0.2, -0.15) is 0 Å². The number of imide groups is 2. The number of para-hydroxylation sites is 3. The molecule has 7 aliphatic heterocycles. The number of likely N-dealkylation sites (tertiary alicyclic amines) is 2. The summed E-state index contributed by atoms with van der Waals surface area (Å²) in [6, 6.07) is 33.8. The van der Waals surface area contributed by atoms with Gasteiger partial charge in [-0.3, -0.25) is 48.5 Å². The molecule has 4 bridgehead atoms. The molecule has 8 atom stereocenters. The van der Waals surface area contributed by atoms with E-state index in [1.807, 2.05) is 94.6 Å². The molecule has 5 N–H and O–H groups in total. The summed E-state index contributed by atoms with van der Waals surface area (Å²) in [6.45, 7) is 3.06. The first kappa shape index (κ1) is 73.3. The number of hydrogen-bond acceptors (Lipinski definition) is 22. The zero-order valence-corrected chi connectivity index (χ0v) is 62.4. The first-order valence-electron chi connectivity index (χ1n) is 39.0. The van der Waals surface area contributed by atoms with Crippen molar-refractivity contribution in [3.05, 3.63) is 213 Å². The number of hydrogen-bond donors (Lipinski definition) is 5. The number of allylic oxidation sites excluding steroid dienone is 2. The van der Waals surface area contributed by atoms with Gasteiger partial charge in [-0.05, 0) is 154 Å². The Hall–Kier alpha value is -11.8. The molecule has 0 aliphatic carbocycles. The number of nitrogens with zero attached hydrogens (tertiary/aromatic N) is 16. The van der Waals surface area contributed by atoms with Gasteiger partial charge in [0.05, 0.1) is 81.5 Å². The number of anilines is 4. The van der Waals surface area contributed by atoms with Crippen molar-refractivity contribution in [1.82, 2.24) is 69.5 Å². The van der Waals surface area contributed by atoms with Crippen molar-refractivity contribution < 1.29 is 44.1 Å². The molecule has 4 amide bonds. The van der Waals surface area contributed by atoms with E-state index in [2.05, 4.69) is 69.1 Å². The van der Waals surface area contributed by atoms with Crippen molar-refractivity contribution >= 4 is 69.2 Å². The lowest BCUT2D eigenvalue weighted by atomic mass is 9.92. The normalized spacial score (nSPS) is 21.5. The maximum absolute atomic E-state index is 13.9. The predicted molar refractivity (Wildman–Crippen MR) is 415 cm³/mol. The van der Waals surface area contributed by atoms with Crippen LogP contribution in [0.3, 0.4) is 0 Å². The Morgan fingerprint density at radius 2 is 1.12 bits per heavy atom. The third kappa shape index (κ3) is 15.1. The highest BCUT2D eigenvalue weighted by atomic mass is 16.3. The van der Waals surface area contributed by atoms with Crippen molar-refractivity contribution in [3.8, 4) is 11.5 Å². The first-order valence-corrected chi connectivity index (χ1v) is 39.0. The molecule has 4 aromatic carbocycles. The molecule has 9 aromatic rings. The van der Waals surface area contributed by atoms with E-state index >= 15 is 0 Å². The molecule has 111 heavy (non-hydrogen) atoms. The van der Waals surface area contributed by atoms with Crippen molar-refractivity contribution in [1.29, 1.82) is 0 Å². The number of amides is 4. The van der Waals surface area contributed by atoms with Crippen LogP contribution in [0.2, 0.25) is 0 Å². The minimum atomic E-state index is -1.19. The number of aliphatic hydroxyl groups is 1. The molecule has 6 fully saturated rings. The number of aryl methyl sites for hydroxylation is 5. The van der Waals surface area contributed by atoms with Gasteiger partial charge >= 0.3 is 5.69 Å². The number of benzene rings is 4. The van der Waals surface area contributed by atoms with Gasteiger partial charge in [-0.25, -0.2) is 24.1 Å². The standard InChI is InChI=1S/C83H92N18O10/c1-92-77-52(21-16-28-64(77)100(82(92)110)65-33-35-75(106)86-80(65)108)19-8-6-7-11-23-58-48-96(91-89-58)46-56-25-18-32-74(85-56)99-51-61-44-67(99)79(97(61)40-38-72(105)63-27-13-15-30-70(63)103)54-41-53(78-68(42-54)101(83(111)93(78)2)66-34-36-76(107)87-81(66)109)20-9-4-3-5-10-22-57-47-95(90-88-57)45-55-24-17-31-73(84-55)98-50-59-43-60(98)49-94(59)39-37-71(104)62-26-12-14-29-69(62)102/h12-18,21,24-32,37-42,47-48,59-61,65-67,79,83,102-103,111H,3-11,19-20,22-23,33-36,43-46,49-51H2,1-2H3,(H,86,106,108)(H,87,107,109)/b39-37+,40-38+/t59-,60-,61-,65?,66?,67-,79?,83?/m1/s1. The van der Waals surface area contributed by atoms with Crippen LogP contribution in [0.1, 0.15) is 169 Å². The van der Waals surface area contributed by atoms with E-state index in [1.54, 1.807) is 59.0 Å². The number of carbonyl (C=O) groups excluding carboxylic acids is 6. The van der Waals surface area contributed by atoms with Crippen molar-refractivity contribution in [2.45, 2.75) is 184 Å². The Bertz CT molecular complexity index is 5180. The van der Waals surface area contributed by atoms with Gasteiger partial charge in [0, 0.05) is 102 Å². The molecule has 0 spiro atoms. The molecule has 7 aliphatic rings. The summed E-state index contributed by atoms with van der Waals surface area (Å²) in [7, 11) is 3.58. The van der Waals surface area contributed by atoms with Gasteiger partial charge in [0.2, 0.25) is 30.0 Å². The van der Waals surface area contributed by atoms with Gasteiger partial charge in [0.25, 0.3) is 0 Å². The van der Waals surface area contributed by atoms with Crippen LogP contribution in [-0.4, -0.2) is 173 Å². The van der Waals surface area contributed by atoms with E-state index in [0.29, 0.717) is 37.3 Å². The third-order valence-electron chi connectivity index (χ3n) is 23.4. The number of rotatable bonds is 30. The van der Waals surface area contributed by atoms with Crippen LogP contribution in [0.25, 0.3) is 11.0 Å². The van der Waals surface area contributed by atoms with Gasteiger partial charge < -0.3 is 44.7 Å². The van der Waals surface area contributed by atoms with Crippen LogP contribution in [0.4, 0.5) is 23.0 Å². The minimum Gasteiger partial charge on any atom is -0.507 e. The van der Waals surface area contributed by atoms with Crippen LogP contribution in [-0.2, 0) is 65.0 Å². The molecular formula is C83H92N18O10. The largest absolute Gasteiger partial charge is 0.507 e. The lowest BCUT2D eigenvalue weighted by Gasteiger charge is -2.42. The number of phenols is 2. The summed E-state index contributed by atoms with van der Waals surface area (Å²) in [4.78, 5) is 115. The van der Waals surface area contributed by atoms with Gasteiger partial charge in [0.1, 0.15) is 35.2 Å². The first-order chi connectivity index (χ1) is 54.0. The minimum absolute atomic E-state index is 0.0243. The summed E-state index contributed by atoms with van der Waals surface area (Å²) in [6.07, 6.45) is 23.5. The Labute approximate surface area is 641 Å². The van der Waals surface area contributed by atoms with Crippen LogP contribution in [0, 0.1) is 0 Å². The topological polar surface area (TPSA) is 321 Å². The van der Waals surface area contributed by atoms with E-state index in [4.69, 9.17) is 9.97 Å². The average Bonchev–Trinajstić information content (AvgIpc) is 1.66. The average molecular weight is 1500 g/mol. The van der Waals surface area contributed by atoms with Crippen LogP contribution < -0.4 is 35.9 Å². The van der Waals surface area contributed by atoms with E-state index in [-0.39, 0.29) is 108 Å². The predicted octanol–water partition coefficient (Wildman–Crippen LogP) is 8.28. The number of imidazole rings is 1. The second-order valence-electron chi connectivity index (χ2n) is 30.6. The molecule has 0 saturated carbocycles. The second-order valence-corrected chi connectivity index (χ2v) is 30.6. The summed E-state index contributed by atoms with van der Waals surface area (Å²) in [5.41, 5.74) is 9.71. The van der Waals surface area contributed by atoms with E-state index in [0.717, 1.165) is 165 Å². The highest BCUT2D eigenvalue weighted by molar-refractivity contribution is 6.07. The molecule has 28 heteroatoms. The quantitative estimate of drug-likeness (QED) is 0.0122. The zero-order chi connectivity index (χ0) is 76.6. The monoisotopic (exact) mass is 1500 g/mol. The SMILES string of the molecule is CN1c2c(CCCCCCCc3cn(Cc4cccc(N5C[C@H]6C[C@@H]5CN6/C=C/C(=O)c5ccccc5O)n4)nn3)cc(C3[C@H]4C[C@H](CN4c4cccc(Cn5cc(CCCCCCc6cccc7c6n(C)c(=O)n7C6CCC(=O)NC6=O)nn5)n4)N3/C=C/C(=O)c3ccccc3O)cc2N(C2CCC(=O)NC2=O)C1O. The van der Waals surface area contributed by atoms with Gasteiger partial charge in [-0.1, -0.05) is 97.1 Å². The van der Waals surface area contributed by atoms with Crippen molar-refractivity contribution in [2.75, 3.05) is 46.3 Å². The summed E-state index contributed by atoms with van der Waals surface area (Å²) < 4.78 is 6.81. The Balaban J connectivity index is 0.565. The Kier molecular flexibility index (Phi) is 20.9. The van der Waals surface area contributed by atoms with Gasteiger partial charge in [0.15, 0.2) is 11.6 Å². The smallest absolute Gasteiger partial charge is 0.329 e. The number of piperidine rings is 2. The van der Waals surface area contributed by atoms with E-state index in [1.165, 1.54) is 22.8 Å². The number of nitrogens with one attached hydrogen (secondary N) is 2. The molecular weight excluding hydrogens is 1410 g/mol. The van der Waals surface area contributed by atoms with Crippen molar-refractivity contribution in [2.24, 2.45) is 7.05 Å². The highest BCUT2D eigenvalue weighted by Crippen LogP contribution is 2.51. The highest BCUT2D eigenvalue weighted by Gasteiger charge is 2.52. The van der Waals surface area contributed by atoms with Crippen LogP contribution >= 0.6 is 0 Å². The number of aromatic hydroxyl groups is 2. The van der Waals surface area contributed by atoms with E-state index < -0.39 is 30.2 Å². The van der Waals surface area contributed by atoms with Crippen molar-refractivity contribution in [3.63, 3.8) is 0 Å². The zero-order valence-electron chi connectivity index (χ0n) is 62.4. The second kappa shape index (κ2) is 31.6. The fraction of sp³-hybridized carbons (Fsp3) is 0.410. The molecule has 16 rings (SSSR count). The summed E-state index contributed by atoms with van der Waals surface area (Å²) >= 11 is 0. The summed E-state index contributed by atoms with van der Waals surface area (Å²) in [5.74, 6) is -0.563. The summed E-state index contributed by atoms with van der Waals surface area (Å²) in [5, 5.41) is 56.2. The number of carbonyl (C=O) groups is 6. The van der Waals surface area contributed by atoms with Gasteiger partial charge in [-0.15, -0.1) is 10.2 Å². The number of unbranched alkanes of at least 4 members (excludes halogenated alkanes) is 7. The molecule has 0 radical (unpaired) electrons. The molecule has 4 unspecified atom stereocenters. The Morgan fingerprint density at radius 1 is 0.559 bits per heavy atom. The molecule has 5 aromatic heterocycles. The maximum atomic E-state index is 13.9. The maximum Gasteiger partial charge on any atom is 0.329 e. The number of ketones is 2. The number of piperazine rings is 2. The molecule has 6 saturated heterocycles. The number of fused-ring (bicyclic) bond motifs is 6. The molecule has 12 heterocycles. The van der Waals surface area contributed by atoms with Crippen LogP contribution in [0.15, 0.2) is 157 Å². The molecule has 574 valence electrons.